The fourth-order valence-electron chi connectivity index (χ4n) is 1.21. The second-order valence-corrected chi connectivity index (χ2v) is 5.16. The van der Waals surface area contributed by atoms with Crippen LogP contribution in [0.25, 0.3) is 0 Å². The van der Waals surface area contributed by atoms with Gasteiger partial charge in [0.05, 0.1) is 5.69 Å². The molecular weight excluding hydrogens is 286 g/mol. The molecule has 0 unspecified atom stereocenters. The van der Waals surface area contributed by atoms with E-state index in [-0.39, 0.29) is 5.75 Å². The number of carbonyl (C=O) groups is 1. The number of aromatic hydroxyl groups is 1. The van der Waals surface area contributed by atoms with E-state index >= 15 is 0 Å². The topological polar surface area (TPSA) is 58.6 Å². The van der Waals surface area contributed by atoms with Crippen molar-refractivity contribution in [2.24, 2.45) is 0 Å². The van der Waals surface area contributed by atoms with Crippen molar-refractivity contribution in [1.82, 2.24) is 0 Å². The molecule has 1 rings (SSSR count). The Hall–Kier alpha value is -1.23. The second-order valence-electron chi connectivity index (χ2n) is 4.60. The third-order valence-corrected chi connectivity index (χ3v) is 2.48. The van der Waals surface area contributed by atoms with E-state index in [1.807, 2.05) is 0 Å². The smallest absolute Gasteiger partial charge is 0.412 e. The fraction of sp³-hybridized carbons (Fsp3) is 0.417. The average Bonchev–Trinajstić information content (AvgIpc) is 2.14. The molecule has 4 nitrogen and oxygen atoms in total. The summed E-state index contributed by atoms with van der Waals surface area (Å²) in [6, 6.07) is 4.79. The van der Waals surface area contributed by atoms with Gasteiger partial charge in [-0.2, -0.15) is 0 Å². The van der Waals surface area contributed by atoms with Crippen molar-refractivity contribution in [3.05, 3.63) is 23.8 Å². The molecule has 17 heavy (non-hydrogen) atoms. The van der Waals surface area contributed by atoms with Crippen molar-refractivity contribution in [2.45, 2.75) is 31.7 Å². The zero-order valence-electron chi connectivity index (χ0n) is 10.1. The third-order valence-electron chi connectivity index (χ3n) is 1.87. The maximum atomic E-state index is 11.6. The lowest BCUT2D eigenvalue weighted by Gasteiger charge is -2.20. The minimum absolute atomic E-state index is 0.0979. The normalized spacial score (nSPS) is 11.1. The number of hydrogen-bond donors (Lipinski definition) is 2. The Bertz CT molecular complexity index is 413. The number of nitrogens with one attached hydrogen (secondary N) is 1. The Balaban J connectivity index is 2.80. The number of alkyl halides is 1. The minimum Gasteiger partial charge on any atom is -0.508 e. The number of rotatable bonds is 2. The van der Waals surface area contributed by atoms with E-state index in [4.69, 9.17) is 4.74 Å². The van der Waals surface area contributed by atoms with Crippen molar-refractivity contribution in [2.75, 3.05) is 5.32 Å². The quantitative estimate of drug-likeness (QED) is 0.820. The van der Waals surface area contributed by atoms with E-state index in [0.717, 1.165) is 5.56 Å². The lowest BCUT2D eigenvalue weighted by molar-refractivity contribution is 0.0636. The van der Waals surface area contributed by atoms with Gasteiger partial charge in [-0.05, 0) is 32.4 Å². The highest BCUT2D eigenvalue weighted by Crippen LogP contribution is 2.24. The molecule has 0 atom stereocenters. The first-order valence-corrected chi connectivity index (χ1v) is 6.32. The van der Waals surface area contributed by atoms with Crippen LogP contribution in [0.3, 0.4) is 0 Å². The molecule has 0 heterocycles. The summed E-state index contributed by atoms with van der Waals surface area (Å²) < 4.78 is 5.13. The number of phenols is 1. The standard InChI is InChI=1S/C12H16BrNO3/c1-12(2,3)17-11(16)14-10-6-9(15)5-4-8(10)7-13/h4-6,15H,7H2,1-3H3,(H,14,16). The monoisotopic (exact) mass is 301 g/mol. The Morgan fingerprint density at radius 2 is 2.12 bits per heavy atom. The van der Waals surface area contributed by atoms with E-state index in [1.165, 1.54) is 6.07 Å². The SMILES string of the molecule is CC(C)(C)OC(=O)Nc1cc(O)ccc1CBr. The maximum absolute atomic E-state index is 11.6. The van der Waals surface area contributed by atoms with Crippen LogP contribution < -0.4 is 5.32 Å². The molecule has 0 aliphatic rings. The zero-order valence-corrected chi connectivity index (χ0v) is 11.7. The number of benzene rings is 1. The molecule has 0 radical (unpaired) electrons. The van der Waals surface area contributed by atoms with Gasteiger partial charge in [-0.15, -0.1) is 0 Å². The van der Waals surface area contributed by atoms with Gasteiger partial charge in [0, 0.05) is 11.4 Å². The van der Waals surface area contributed by atoms with Gasteiger partial charge in [-0.1, -0.05) is 22.0 Å². The molecule has 0 aliphatic heterocycles. The summed E-state index contributed by atoms with van der Waals surface area (Å²) in [5.74, 6) is 0.0979. The Morgan fingerprint density at radius 3 is 2.65 bits per heavy atom. The number of hydrogen-bond acceptors (Lipinski definition) is 3. The molecule has 0 saturated carbocycles. The molecule has 94 valence electrons. The summed E-state index contributed by atoms with van der Waals surface area (Å²) in [6.07, 6.45) is -0.537. The number of halogens is 1. The zero-order chi connectivity index (χ0) is 13.1. The maximum Gasteiger partial charge on any atom is 0.412 e. The molecule has 0 aromatic heterocycles. The van der Waals surface area contributed by atoms with Crippen LogP contribution in [-0.4, -0.2) is 16.8 Å². The van der Waals surface area contributed by atoms with Crippen molar-refractivity contribution in [1.29, 1.82) is 0 Å². The van der Waals surface area contributed by atoms with Crippen LogP contribution in [0, 0.1) is 0 Å². The summed E-state index contributed by atoms with van der Waals surface area (Å²) in [6.45, 7) is 5.38. The van der Waals surface area contributed by atoms with Gasteiger partial charge in [-0.25, -0.2) is 4.79 Å². The fourth-order valence-corrected chi connectivity index (χ4v) is 1.70. The first-order valence-electron chi connectivity index (χ1n) is 5.19. The van der Waals surface area contributed by atoms with E-state index in [1.54, 1.807) is 32.9 Å². The van der Waals surface area contributed by atoms with Gasteiger partial charge in [0.1, 0.15) is 11.4 Å². The van der Waals surface area contributed by atoms with E-state index in [2.05, 4.69) is 21.2 Å². The summed E-state index contributed by atoms with van der Waals surface area (Å²) in [4.78, 5) is 11.6. The van der Waals surface area contributed by atoms with Gasteiger partial charge in [0.15, 0.2) is 0 Å². The molecule has 5 heteroatoms. The van der Waals surface area contributed by atoms with E-state index in [0.29, 0.717) is 11.0 Å². The van der Waals surface area contributed by atoms with Gasteiger partial charge in [-0.3, -0.25) is 5.32 Å². The summed E-state index contributed by atoms with van der Waals surface area (Å²) in [7, 11) is 0. The largest absolute Gasteiger partial charge is 0.508 e. The molecule has 1 amide bonds. The first-order chi connectivity index (χ1) is 7.81. The van der Waals surface area contributed by atoms with Gasteiger partial charge in [0.25, 0.3) is 0 Å². The molecular formula is C12H16BrNO3. The predicted molar refractivity (Wildman–Crippen MR) is 70.6 cm³/mol. The lowest BCUT2D eigenvalue weighted by Crippen LogP contribution is -2.27. The van der Waals surface area contributed by atoms with E-state index in [9.17, 15) is 9.90 Å². The molecule has 0 saturated heterocycles. The van der Waals surface area contributed by atoms with Crippen LogP contribution in [0.15, 0.2) is 18.2 Å². The Labute approximate surface area is 109 Å². The summed E-state index contributed by atoms with van der Waals surface area (Å²) >= 11 is 3.31. The summed E-state index contributed by atoms with van der Waals surface area (Å²) in [5.41, 5.74) is 0.861. The van der Waals surface area contributed by atoms with Crippen LogP contribution in [0.2, 0.25) is 0 Å². The number of phenolic OH excluding ortho intramolecular Hbond substituents is 1. The van der Waals surface area contributed by atoms with Crippen LogP contribution in [0.4, 0.5) is 10.5 Å². The molecule has 0 fully saturated rings. The third kappa shape index (κ3) is 4.65. The van der Waals surface area contributed by atoms with Gasteiger partial charge < -0.3 is 9.84 Å². The van der Waals surface area contributed by atoms with Crippen LogP contribution in [-0.2, 0) is 10.1 Å². The number of anilines is 1. The number of amides is 1. The predicted octanol–water partition coefficient (Wildman–Crippen LogP) is 3.63. The van der Waals surface area contributed by atoms with E-state index < -0.39 is 11.7 Å². The molecule has 0 spiro atoms. The molecule has 1 aromatic rings. The highest BCUT2D eigenvalue weighted by Gasteiger charge is 2.17. The van der Waals surface area contributed by atoms with Crippen molar-refractivity contribution < 1.29 is 14.6 Å². The Morgan fingerprint density at radius 1 is 1.47 bits per heavy atom. The minimum atomic E-state index is -0.546. The van der Waals surface area contributed by atoms with Crippen molar-refractivity contribution in [3.63, 3.8) is 0 Å². The highest BCUT2D eigenvalue weighted by molar-refractivity contribution is 9.08. The average molecular weight is 302 g/mol. The van der Waals surface area contributed by atoms with Crippen molar-refractivity contribution >= 4 is 27.7 Å². The van der Waals surface area contributed by atoms with Crippen LogP contribution >= 0.6 is 15.9 Å². The summed E-state index contributed by atoms with van der Waals surface area (Å²) in [5, 5.41) is 12.6. The number of carbonyl (C=O) groups excluding carboxylic acids is 1. The van der Waals surface area contributed by atoms with Crippen LogP contribution in [0.1, 0.15) is 26.3 Å². The van der Waals surface area contributed by atoms with Gasteiger partial charge in [0.2, 0.25) is 0 Å². The molecule has 0 bridgehead atoms. The number of ether oxygens (including phenoxy) is 1. The highest BCUT2D eigenvalue weighted by atomic mass is 79.9. The molecule has 0 aliphatic carbocycles. The molecule has 2 N–H and O–H groups in total. The first kappa shape index (κ1) is 13.8. The van der Waals surface area contributed by atoms with Gasteiger partial charge >= 0.3 is 6.09 Å². The second kappa shape index (κ2) is 5.40. The lowest BCUT2D eigenvalue weighted by atomic mass is 10.2. The Kier molecular flexibility index (Phi) is 4.40. The molecule has 1 aromatic carbocycles. The van der Waals surface area contributed by atoms with Crippen molar-refractivity contribution in [3.8, 4) is 5.75 Å². The van der Waals surface area contributed by atoms with Crippen LogP contribution in [0.5, 0.6) is 5.75 Å².